The van der Waals surface area contributed by atoms with Gasteiger partial charge in [0.25, 0.3) is 5.91 Å². The molecule has 0 aromatic heterocycles. The van der Waals surface area contributed by atoms with Crippen molar-refractivity contribution >= 4 is 15.9 Å². The van der Waals surface area contributed by atoms with Crippen molar-refractivity contribution in [3.8, 4) is 0 Å². The first-order valence-corrected chi connectivity index (χ1v) is 11.4. The lowest BCUT2D eigenvalue weighted by Crippen LogP contribution is -2.30. The summed E-state index contributed by atoms with van der Waals surface area (Å²) < 4.78 is 27.1. The Morgan fingerprint density at radius 3 is 2.03 bits per heavy atom. The molecule has 0 spiro atoms. The Bertz CT molecular complexity index is 1070. The van der Waals surface area contributed by atoms with Crippen LogP contribution in [0.15, 0.2) is 89.8 Å². The number of carbonyl (C=O) groups excluding carboxylic acids is 1. The first-order chi connectivity index (χ1) is 14.4. The van der Waals surface area contributed by atoms with E-state index in [-0.39, 0.29) is 23.4 Å². The number of amides is 1. The van der Waals surface area contributed by atoms with Crippen LogP contribution in [0.5, 0.6) is 0 Å². The molecular formula is C24H26N2O3S. The molecule has 0 saturated heterocycles. The monoisotopic (exact) mass is 422 g/mol. The molecule has 0 fully saturated rings. The van der Waals surface area contributed by atoms with Gasteiger partial charge in [0.2, 0.25) is 10.0 Å². The molecule has 3 aromatic rings. The van der Waals surface area contributed by atoms with E-state index in [1.807, 2.05) is 44.2 Å². The second kappa shape index (κ2) is 9.69. The molecule has 0 heterocycles. The molecule has 30 heavy (non-hydrogen) atoms. The van der Waals surface area contributed by atoms with Crippen LogP contribution in [0.1, 0.15) is 41.4 Å². The topological polar surface area (TPSA) is 66.5 Å². The minimum absolute atomic E-state index is 0.107. The van der Waals surface area contributed by atoms with Crippen molar-refractivity contribution in [1.82, 2.24) is 9.62 Å². The van der Waals surface area contributed by atoms with Crippen LogP contribution >= 0.6 is 0 Å². The molecule has 1 amide bonds. The number of nitrogens with zero attached hydrogens (tertiary/aromatic N) is 1. The van der Waals surface area contributed by atoms with E-state index in [9.17, 15) is 13.2 Å². The number of sulfonamides is 1. The quantitative estimate of drug-likeness (QED) is 0.586. The van der Waals surface area contributed by atoms with Crippen LogP contribution in [0.25, 0.3) is 0 Å². The summed E-state index contributed by atoms with van der Waals surface area (Å²) in [6.45, 7) is 4.35. The summed E-state index contributed by atoms with van der Waals surface area (Å²) in [6.07, 6.45) is 0. The van der Waals surface area contributed by atoms with Gasteiger partial charge in [-0.15, -0.1) is 0 Å². The molecule has 0 aliphatic heterocycles. The van der Waals surface area contributed by atoms with Crippen molar-refractivity contribution in [3.63, 3.8) is 0 Å². The number of nitrogens with one attached hydrogen (secondary N) is 1. The number of benzene rings is 3. The molecule has 0 bridgehead atoms. The van der Waals surface area contributed by atoms with Crippen molar-refractivity contribution in [3.05, 3.63) is 102 Å². The van der Waals surface area contributed by atoms with Crippen LogP contribution in [0.4, 0.5) is 0 Å². The third kappa shape index (κ3) is 5.14. The smallest absolute Gasteiger partial charge is 0.251 e. The Morgan fingerprint density at radius 2 is 1.47 bits per heavy atom. The lowest BCUT2D eigenvalue weighted by atomic mass is 10.1. The standard InChI is InChI=1S/C24H26N2O3S/c1-3-26(30(28,29)23-12-8-5-9-13-23)18-20-14-16-22(17-15-20)24(27)25-19(2)21-10-6-4-7-11-21/h4-17,19H,3,18H2,1-2H3,(H,25,27)/t19-/m0/s1. The van der Waals surface area contributed by atoms with E-state index in [1.54, 1.807) is 54.6 Å². The van der Waals surface area contributed by atoms with Crippen LogP contribution in [-0.2, 0) is 16.6 Å². The van der Waals surface area contributed by atoms with Gasteiger partial charge in [0.1, 0.15) is 0 Å². The lowest BCUT2D eigenvalue weighted by molar-refractivity contribution is 0.0940. The van der Waals surface area contributed by atoms with E-state index >= 15 is 0 Å². The Kier molecular flexibility index (Phi) is 7.03. The molecule has 0 unspecified atom stereocenters. The predicted molar refractivity (Wildman–Crippen MR) is 118 cm³/mol. The van der Waals surface area contributed by atoms with Gasteiger partial charge < -0.3 is 5.32 Å². The van der Waals surface area contributed by atoms with Crippen molar-refractivity contribution in [2.45, 2.75) is 31.3 Å². The highest BCUT2D eigenvalue weighted by atomic mass is 32.2. The molecule has 5 nitrogen and oxygen atoms in total. The largest absolute Gasteiger partial charge is 0.346 e. The van der Waals surface area contributed by atoms with Gasteiger partial charge in [0, 0.05) is 18.7 Å². The maximum atomic E-state index is 12.9. The maximum absolute atomic E-state index is 12.9. The van der Waals surface area contributed by atoms with Crippen LogP contribution in [0, 0.1) is 0 Å². The summed E-state index contributed by atoms with van der Waals surface area (Å²) >= 11 is 0. The van der Waals surface area contributed by atoms with Crippen LogP contribution in [-0.4, -0.2) is 25.2 Å². The lowest BCUT2D eigenvalue weighted by Gasteiger charge is -2.21. The minimum Gasteiger partial charge on any atom is -0.346 e. The molecule has 1 N–H and O–H groups in total. The fourth-order valence-electron chi connectivity index (χ4n) is 3.18. The summed E-state index contributed by atoms with van der Waals surface area (Å²) in [5, 5.41) is 2.98. The average Bonchev–Trinajstić information content (AvgIpc) is 2.78. The summed E-state index contributed by atoms with van der Waals surface area (Å²) in [6, 6.07) is 25.1. The summed E-state index contributed by atoms with van der Waals surface area (Å²) in [5.41, 5.74) is 2.40. The normalized spacial score (nSPS) is 12.5. The Morgan fingerprint density at radius 1 is 0.900 bits per heavy atom. The minimum atomic E-state index is -3.57. The van der Waals surface area contributed by atoms with E-state index in [1.165, 1.54) is 4.31 Å². The maximum Gasteiger partial charge on any atom is 0.251 e. The van der Waals surface area contributed by atoms with E-state index in [2.05, 4.69) is 5.32 Å². The molecule has 0 aliphatic carbocycles. The van der Waals surface area contributed by atoms with Gasteiger partial charge in [0.15, 0.2) is 0 Å². The van der Waals surface area contributed by atoms with Crippen molar-refractivity contribution < 1.29 is 13.2 Å². The second-order valence-electron chi connectivity index (χ2n) is 7.05. The van der Waals surface area contributed by atoms with E-state index in [0.29, 0.717) is 12.1 Å². The van der Waals surface area contributed by atoms with E-state index in [4.69, 9.17) is 0 Å². The SMILES string of the molecule is CCN(Cc1ccc(C(=O)N[C@@H](C)c2ccccc2)cc1)S(=O)(=O)c1ccccc1. The highest BCUT2D eigenvalue weighted by Gasteiger charge is 2.23. The predicted octanol–water partition coefficient (Wildman–Crippen LogP) is 4.39. The van der Waals surface area contributed by atoms with Crippen molar-refractivity contribution in [2.75, 3.05) is 6.54 Å². The fraction of sp³-hybridized carbons (Fsp3) is 0.208. The van der Waals surface area contributed by atoms with Gasteiger partial charge >= 0.3 is 0 Å². The third-order valence-corrected chi connectivity index (χ3v) is 6.89. The van der Waals surface area contributed by atoms with E-state index in [0.717, 1.165) is 11.1 Å². The fourth-order valence-corrected chi connectivity index (χ4v) is 4.64. The van der Waals surface area contributed by atoms with Crippen molar-refractivity contribution in [2.24, 2.45) is 0 Å². The summed E-state index contributed by atoms with van der Waals surface area (Å²) in [7, 11) is -3.57. The Balaban J connectivity index is 1.68. The molecule has 0 radical (unpaired) electrons. The second-order valence-corrected chi connectivity index (χ2v) is 8.98. The molecule has 3 aromatic carbocycles. The average molecular weight is 423 g/mol. The Labute approximate surface area is 178 Å². The van der Waals surface area contributed by atoms with Gasteiger partial charge in [-0.1, -0.05) is 67.6 Å². The molecule has 6 heteroatoms. The van der Waals surface area contributed by atoms with Gasteiger partial charge in [-0.25, -0.2) is 8.42 Å². The number of rotatable bonds is 8. The number of hydrogen-bond acceptors (Lipinski definition) is 3. The summed E-state index contributed by atoms with van der Waals surface area (Å²) in [5.74, 6) is -0.165. The molecular weight excluding hydrogens is 396 g/mol. The zero-order valence-electron chi connectivity index (χ0n) is 17.2. The molecule has 1 atom stereocenters. The zero-order valence-corrected chi connectivity index (χ0v) is 18.0. The molecule has 156 valence electrons. The van der Waals surface area contributed by atoms with Gasteiger partial charge in [0.05, 0.1) is 10.9 Å². The van der Waals surface area contributed by atoms with Gasteiger partial charge in [-0.3, -0.25) is 4.79 Å². The van der Waals surface area contributed by atoms with Crippen LogP contribution < -0.4 is 5.32 Å². The third-order valence-electron chi connectivity index (χ3n) is 4.96. The highest BCUT2D eigenvalue weighted by molar-refractivity contribution is 7.89. The van der Waals surface area contributed by atoms with Gasteiger partial charge in [-0.05, 0) is 42.3 Å². The molecule has 3 rings (SSSR count). The van der Waals surface area contributed by atoms with Crippen LogP contribution in [0.2, 0.25) is 0 Å². The number of hydrogen-bond donors (Lipinski definition) is 1. The first kappa shape index (κ1) is 21.7. The molecule has 0 aliphatic rings. The van der Waals surface area contributed by atoms with Gasteiger partial charge in [-0.2, -0.15) is 4.31 Å². The summed E-state index contributed by atoms with van der Waals surface area (Å²) in [4.78, 5) is 12.8. The first-order valence-electron chi connectivity index (χ1n) is 9.91. The highest BCUT2D eigenvalue weighted by Crippen LogP contribution is 2.19. The zero-order chi connectivity index (χ0) is 21.6. The number of carbonyl (C=O) groups is 1. The Hall–Kier alpha value is -2.96. The molecule has 0 saturated carbocycles. The van der Waals surface area contributed by atoms with Crippen molar-refractivity contribution in [1.29, 1.82) is 0 Å². The van der Waals surface area contributed by atoms with E-state index < -0.39 is 10.0 Å². The van der Waals surface area contributed by atoms with Crippen LogP contribution in [0.3, 0.4) is 0 Å².